The van der Waals surface area contributed by atoms with E-state index < -0.39 is 5.97 Å². The standard InChI is InChI=1S/C13H24N2O2/c1-10(2)7-14-5-3-12(4-6-14)15-8-11(9-15)13(16)17/h10-12H,3-9H2,1-2H3,(H,16,17). The van der Waals surface area contributed by atoms with E-state index in [1.807, 2.05) is 0 Å². The van der Waals surface area contributed by atoms with Gasteiger partial charge in [0.25, 0.3) is 0 Å². The monoisotopic (exact) mass is 240 g/mol. The van der Waals surface area contributed by atoms with Crippen molar-refractivity contribution in [2.24, 2.45) is 11.8 Å². The molecule has 0 spiro atoms. The highest BCUT2D eigenvalue weighted by Gasteiger charge is 2.37. The third-order valence-electron chi connectivity index (χ3n) is 3.96. The van der Waals surface area contributed by atoms with Crippen molar-refractivity contribution in [3.05, 3.63) is 0 Å². The smallest absolute Gasteiger partial charge is 0.309 e. The highest BCUT2D eigenvalue weighted by molar-refractivity contribution is 5.71. The van der Waals surface area contributed by atoms with Gasteiger partial charge in [-0.1, -0.05) is 13.8 Å². The van der Waals surface area contributed by atoms with Crippen molar-refractivity contribution in [2.75, 3.05) is 32.7 Å². The average molecular weight is 240 g/mol. The third-order valence-corrected chi connectivity index (χ3v) is 3.96. The van der Waals surface area contributed by atoms with Gasteiger partial charge in [-0.3, -0.25) is 9.69 Å². The number of carbonyl (C=O) groups is 1. The molecule has 2 fully saturated rings. The van der Waals surface area contributed by atoms with Gasteiger partial charge >= 0.3 is 5.97 Å². The van der Waals surface area contributed by atoms with E-state index in [4.69, 9.17) is 5.11 Å². The average Bonchev–Trinajstić information content (AvgIpc) is 2.16. The summed E-state index contributed by atoms with van der Waals surface area (Å²) in [5.41, 5.74) is 0. The number of rotatable bonds is 4. The van der Waals surface area contributed by atoms with Gasteiger partial charge in [-0.25, -0.2) is 0 Å². The van der Waals surface area contributed by atoms with Crippen LogP contribution < -0.4 is 0 Å². The number of carboxylic acid groups (broad SMARTS) is 1. The maximum Gasteiger partial charge on any atom is 0.309 e. The van der Waals surface area contributed by atoms with Crippen LogP contribution in [-0.4, -0.2) is 59.6 Å². The Kier molecular flexibility index (Phi) is 4.05. The lowest BCUT2D eigenvalue weighted by Gasteiger charge is -2.46. The molecular weight excluding hydrogens is 216 g/mol. The minimum atomic E-state index is -0.626. The van der Waals surface area contributed by atoms with Crippen LogP contribution in [0.4, 0.5) is 0 Å². The Morgan fingerprint density at radius 3 is 2.35 bits per heavy atom. The van der Waals surface area contributed by atoms with E-state index in [2.05, 4.69) is 23.6 Å². The number of carboxylic acids is 1. The molecule has 0 aromatic heterocycles. The summed E-state index contributed by atoms with van der Waals surface area (Å²) in [6.45, 7) is 9.62. The summed E-state index contributed by atoms with van der Waals surface area (Å²) < 4.78 is 0. The molecule has 2 rings (SSSR count). The van der Waals surface area contributed by atoms with Gasteiger partial charge in [0.15, 0.2) is 0 Å². The van der Waals surface area contributed by atoms with E-state index in [0.29, 0.717) is 6.04 Å². The molecule has 4 nitrogen and oxygen atoms in total. The summed E-state index contributed by atoms with van der Waals surface area (Å²) in [6.07, 6.45) is 2.41. The van der Waals surface area contributed by atoms with Crippen LogP contribution in [0.5, 0.6) is 0 Å². The summed E-state index contributed by atoms with van der Waals surface area (Å²) in [5.74, 6) is 0.00846. The molecule has 0 atom stereocenters. The van der Waals surface area contributed by atoms with Crippen molar-refractivity contribution >= 4 is 5.97 Å². The van der Waals surface area contributed by atoms with E-state index >= 15 is 0 Å². The van der Waals surface area contributed by atoms with E-state index in [1.54, 1.807) is 0 Å². The molecule has 0 saturated carbocycles. The number of likely N-dealkylation sites (tertiary alicyclic amines) is 2. The van der Waals surface area contributed by atoms with Gasteiger partial charge in [-0.2, -0.15) is 0 Å². The summed E-state index contributed by atoms with van der Waals surface area (Å²) in [4.78, 5) is 15.6. The summed E-state index contributed by atoms with van der Waals surface area (Å²) in [6, 6.07) is 0.633. The zero-order valence-corrected chi connectivity index (χ0v) is 10.9. The SMILES string of the molecule is CC(C)CN1CCC(N2CC(C(=O)O)C2)CC1. The molecule has 1 N–H and O–H groups in total. The Morgan fingerprint density at radius 1 is 1.29 bits per heavy atom. The van der Waals surface area contributed by atoms with Crippen LogP contribution in [0.1, 0.15) is 26.7 Å². The van der Waals surface area contributed by atoms with Crippen molar-refractivity contribution in [3.8, 4) is 0 Å². The Labute approximate surface area is 104 Å². The second kappa shape index (κ2) is 5.36. The first kappa shape index (κ1) is 12.8. The summed E-state index contributed by atoms with van der Waals surface area (Å²) in [7, 11) is 0. The second-order valence-electron chi connectivity index (χ2n) is 5.91. The highest BCUT2D eigenvalue weighted by atomic mass is 16.4. The van der Waals surface area contributed by atoms with Gasteiger partial charge in [0.1, 0.15) is 0 Å². The molecule has 0 aromatic rings. The molecule has 2 aliphatic heterocycles. The fraction of sp³-hybridized carbons (Fsp3) is 0.923. The first-order valence-corrected chi connectivity index (χ1v) is 6.75. The quantitative estimate of drug-likeness (QED) is 0.800. The minimum absolute atomic E-state index is 0.108. The van der Waals surface area contributed by atoms with Crippen LogP contribution in [0, 0.1) is 11.8 Å². The first-order chi connectivity index (χ1) is 8.06. The zero-order valence-electron chi connectivity index (χ0n) is 10.9. The highest BCUT2D eigenvalue weighted by Crippen LogP contribution is 2.25. The van der Waals surface area contributed by atoms with E-state index in [-0.39, 0.29) is 5.92 Å². The van der Waals surface area contributed by atoms with Gasteiger partial charge < -0.3 is 10.0 Å². The molecule has 0 aliphatic carbocycles. The Morgan fingerprint density at radius 2 is 1.88 bits per heavy atom. The van der Waals surface area contributed by atoms with Crippen LogP contribution in [-0.2, 0) is 4.79 Å². The predicted molar refractivity (Wildman–Crippen MR) is 67.0 cm³/mol. The lowest BCUT2D eigenvalue weighted by Crippen LogP contribution is -2.57. The van der Waals surface area contributed by atoms with Crippen LogP contribution >= 0.6 is 0 Å². The first-order valence-electron chi connectivity index (χ1n) is 6.75. The third kappa shape index (κ3) is 3.19. The van der Waals surface area contributed by atoms with Crippen LogP contribution in [0.25, 0.3) is 0 Å². The topological polar surface area (TPSA) is 43.8 Å². The molecule has 0 aromatic carbocycles. The van der Waals surface area contributed by atoms with Gasteiger partial charge in [0, 0.05) is 25.7 Å². The lowest BCUT2D eigenvalue weighted by atomic mass is 9.93. The van der Waals surface area contributed by atoms with Gasteiger partial charge in [0.2, 0.25) is 0 Å². The number of aliphatic carboxylic acids is 1. The van der Waals surface area contributed by atoms with Crippen molar-refractivity contribution in [2.45, 2.75) is 32.7 Å². The van der Waals surface area contributed by atoms with Crippen LogP contribution in [0.3, 0.4) is 0 Å². The summed E-state index contributed by atoms with van der Waals surface area (Å²) in [5, 5.41) is 8.86. The number of hydrogen-bond acceptors (Lipinski definition) is 3. The maximum absolute atomic E-state index is 10.7. The fourth-order valence-electron chi connectivity index (χ4n) is 2.95. The number of piperidine rings is 1. The molecular formula is C13H24N2O2. The normalized spacial score (nSPS) is 25.1. The van der Waals surface area contributed by atoms with E-state index in [0.717, 1.165) is 19.0 Å². The Hall–Kier alpha value is -0.610. The molecule has 4 heteroatoms. The molecule has 2 heterocycles. The fourth-order valence-corrected chi connectivity index (χ4v) is 2.95. The van der Waals surface area contributed by atoms with E-state index in [9.17, 15) is 4.79 Å². The number of hydrogen-bond donors (Lipinski definition) is 1. The second-order valence-corrected chi connectivity index (χ2v) is 5.91. The van der Waals surface area contributed by atoms with Gasteiger partial charge in [0.05, 0.1) is 5.92 Å². The van der Waals surface area contributed by atoms with Gasteiger partial charge in [-0.15, -0.1) is 0 Å². The molecule has 17 heavy (non-hydrogen) atoms. The molecule has 0 unspecified atom stereocenters. The number of nitrogens with zero attached hydrogens (tertiary/aromatic N) is 2. The predicted octanol–water partition coefficient (Wildman–Crippen LogP) is 1.12. The van der Waals surface area contributed by atoms with E-state index in [1.165, 1.54) is 32.5 Å². The molecule has 0 radical (unpaired) electrons. The Balaban J connectivity index is 1.68. The molecule has 98 valence electrons. The summed E-state index contributed by atoms with van der Waals surface area (Å²) >= 11 is 0. The van der Waals surface area contributed by atoms with Crippen molar-refractivity contribution in [3.63, 3.8) is 0 Å². The molecule has 0 amide bonds. The minimum Gasteiger partial charge on any atom is -0.481 e. The Bertz CT molecular complexity index is 267. The van der Waals surface area contributed by atoms with Gasteiger partial charge in [-0.05, 0) is 31.8 Å². The van der Waals surface area contributed by atoms with Crippen LogP contribution in [0.15, 0.2) is 0 Å². The van der Waals surface area contributed by atoms with Crippen molar-refractivity contribution in [1.29, 1.82) is 0 Å². The molecule has 0 bridgehead atoms. The molecule has 2 aliphatic rings. The van der Waals surface area contributed by atoms with Crippen molar-refractivity contribution < 1.29 is 9.90 Å². The zero-order chi connectivity index (χ0) is 12.4. The van der Waals surface area contributed by atoms with Crippen molar-refractivity contribution in [1.82, 2.24) is 9.80 Å². The lowest BCUT2D eigenvalue weighted by molar-refractivity contribution is -0.149. The van der Waals surface area contributed by atoms with Crippen LogP contribution in [0.2, 0.25) is 0 Å². The maximum atomic E-state index is 10.7. The largest absolute Gasteiger partial charge is 0.481 e. The molecule has 2 saturated heterocycles.